The lowest BCUT2D eigenvalue weighted by Gasteiger charge is -2.15. The van der Waals surface area contributed by atoms with Gasteiger partial charge < -0.3 is 15.2 Å². The molecule has 1 aliphatic rings. The first-order valence-corrected chi connectivity index (χ1v) is 11.1. The van der Waals surface area contributed by atoms with E-state index in [1.807, 2.05) is 24.3 Å². The molecule has 0 saturated carbocycles. The van der Waals surface area contributed by atoms with Gasteiger partial charge in [0.05, 0.1) is 12.8 Å². The van der Waals surface area contributed by atoms with Crippen molar-refractivity contribution in [2.45, 2.75) is 31.7 Å². The average molecular weight is 459 g/mol. The molecule has 174 valence electrons. The predicted molar refractivity (Wildman–Crippen MR) is 129 cm³/mol. The van der Waals surface area contributed by atoms with Crippen molar-refractivity contribution in [2.24, 2.45) is 0 Å². The molecule has 7 heteroatoms. The van der Waals surface area contributed by atoms with Gasteiger partial charge in [-0.1, -0.05) is 60.7 Å². The molecule has 0 saturated heterocycles. The van der Waals surface area contributed by atoms with Gasteiger partial charge in [0.1, 0.15) is 6.61 Å². The van der Waals surface area contributed by atoms with Crippen LogP contribution < -0.4 is 10.6 Å². The molecule has 7 nitrogen and oxygen atoms in total. The van der Waals surface area contributed by atoms with Gasteiger partial charge in [-0.15, -0.1) is 0 Å². The molecule has 1 aliphatic carbocycles. The molecular formula is C27H26N2O5. The van der Waals surface area contributed by atoms with E-state index in [9.17, 15) is 14.4 Å². The topological polar surface area (TPSA) is 105 Å². The van der Waals surface area contributed by atoms with Gasteiger partial charge in [-0.2, -0.15) is 0 Å². The van der Waals surface area contributed by atoms with Crippen LogP contribution in [0.3, 0.4) is 0 Å². The maximum atomic E-state index is 12.5. The summed E-state index contributed by atoms with van der Waals surface area (Å²) in [5.74, 6) is -1.28. The van der Waals surface area contributed by atoms with Crippen LogP contribution in [0, 0.1) is 0 Å². The van der Waals surface area contributed by atoms with Crippen LogP contribution in [0.1, 0.15) is 36.0 Å². The van der Waals surface area contributed by atoms with E-state index in [0.717, 1.165) is 22.3 Å². The molecule has 1 atom stereocenters. The highest BCUT2D eigenvalue weighted by Gasteiger charge is 2.29. The second-order valence-corrected chi connectivity index (χ2v) is 8.39. The third-order valence-corrected chi connectivity index (χ3v) is 5.77. The predicted octanol–water partition coefficient (Wildman–Crippen LogP) is 4.57. The molecule has 2 amide bonds. The summed E-state index contributed by atoms with van der Waals surface area (Å²) in [6.45, 7) is 1.85. The fraction of sp³-hybridized carbons (Fsp3) is 0.222. The molecule has 0 spiro atoms. The van der Waals surface area contributed by atoms with E-state index < -0.39 is 18.1 Å². The van der Waals surface area contributed by atoms with E-state index in [2.05, 4.69) is 34.9 Å². The van der Waals surface area contributed by atoms with Gasteiger partial charge in [-0.05, 0) is 46.9 Å². The second kappa shape index (κ2) is 10.2. The largest absolute Gasteiger partial charge is 0.481 e. The van der Waals surface area contributed by atoms with Gasteiger partial charge in [0, 0.05) is 17.6 Å². The summed E-state index contributed by atoms with van der Waals surface area (Å²) in [5.41, 5.74) is 5.81. The van der Waals surface area contributed by atoms with Crippen molar-refractivity contribution < 1.29 is 24.2 Å². The second-order valence-electron chi connectivity index (χ2n) is 8.39. The van der Waals surface area contributed by atoms with E-state index in [1.165, 1.54) is 0 Å². The molecule has 3 N–H and O–H groups in total. The third kappa shape index (κ3) is 5.43. The molecule has 0 bridgehead atoms. The Morgan fingerprint density at radius 3 is 2.24 bits per heavy atom. The smallest absolute Gasteiger partial charge is 0.411 e. The number of aliphatic carboxylic acids is 1. The SMILES string of the molecule is CC(CC(=O)O)NC(=O)Cc1cccc(NC(=O)OCC2c3ccccc3-c3ccccc32)c1. The Kier molecular flexibility index (Phi) is 6.92. The van der Waals surface area contributed by atoms with Crippen LogP contribution in [0.25, 0.3) is 11.1 Å². The zero-order valence-corrected chi connectivity index (χ0v) is 18.8. The van der Waals surface area contributed by atoms with E-state index in [1.54, 1.807) is 31.2 Å². The summed E-state index contributed by atoms with van der Waals surface area (Å²) in [5, 5.41) is 14.2. The number of amides is 2. The number of carbonyl (C=O) groups is 3. The number of fused-ring (bicyclic) bond motifs is 3. The molecule has 1 unspecified atom stereocenters. The molecule has 0 fully saturated rings. The number of hydrogen-bond acceptors (Lipinski definition) is 4. The van der Waals surface area contributed by atoms with Crippen molar-refractivity contribution in [3.63, 3.8) is 0 Å². The maximum Gasteiger partial charge on any atom is 0.411 e. The molecule has 0 heterocycles. The molecule has 0 aliphatic heterocycles. The molecule has 0 radical (unpaired) electrons. The highest BCUT2D eigenvalue weighted by atomic mass is 16.5. The number of anilines is 1. The number of ether oxygens (including phenoxy) is 1. The minimum Gasteiger partial charge on any atom is -0.481 e. The van der Waals surface area contributed by atoms with Gasteiger partial charge in [0.15, 0.2) is 0 Å². The summed E-state index contributed by atoms with van der Waals surface area (Å²) < 4.78 is 5.57. The van der Waals surface area contributed by atoms with Crippen LogP contribution >= 0.6 is 0 Å². The number of carboxylic acids is 1. The van der Waals surface area contributed by atoms with Crippen molar-refractivity contribution in [2.75, 3.05) is 11.9 Å². The molecule has 4 rings (SSSR count). The van der Waals surface area contributed by atoms with Crippen molar-refractivity contribution in [3.8, 4) is 11.1 Å². The fourth-order valence-electron chi connectivity index (χ4n) is 4.34. The third-order valence-electron chi connectivity index (χ3n) is 5.77. The minimum atomic E-state index is -0.970. The lowest BCUT2D eigenvalue weighted by molar-refractivity contribution is -0.137. The van der Waals surface area contributed by atoms with Gasteiger partial charge in [-0.25, -0.2) is 4.79 Å². The van der Waals surface area contributed by atoms with Crippen molar-refractivity contribution in [1.82, 2.24) is 5.32 Å². The van der Waals surface area contributed by atoms with Crippen LogP contribution in [0.4, 0.5) is 10.5 Å². The molecule has 34 heavy (non-hydrogen) atoms. The first-order valence-electron chi connectivity index (χ1n) is 11.1. The van der Waals surface area contributed by atoms with Gasteiger partial charge in [-0.3, -0.25) is 14.9 Å². The lowest BCUT2D eigenvalue weighted by atomic mass is 9.98. The Morgan fingerprint density at radius 1 is 0.941 bits per heavy atom. The molecular weight excluding hydrogens is 432 g/mol. The number of hydrogen-bond donors (Lipinski definition) is 3. The van der Waals surface area contributed by atoms with Crippen LogP contribution in [0.2, 0.25) is 0 Å². The number of nitrogens with one attached hydrogen (secondary N) is 2. The Hall–Kier alpha value is -4.13. The Labute approximate surface area is 197 Å². The summed E-state index contributed by atoms with van der Waals surface area (Å²) in [7, 11) is 0. The first-order chi connectivity index (χ1) is 16.4. The van der Waals surface area contributed by atoms with Gasteiger partial charge >= 0.3 is 12.1 Å². The normalized spacial score (nSPS) is 12.9. The molecule has 3 aromatic carbocycles. The fourth-order valence-corrected chi connectivity index (χ4v) is 4.34. The average Bonchev–Trinajstić information content (AvgIpc) is 3.11. The number of carbonyl (C=O) groups excluding carboxylic acids is 2. The van der Waals surface area contributed by atoms with E-state index in [0.29, 0.717) is 11.3 Å². The molecule has 3 aromatic rings. The maximum absolute atomic E-state index is 12.5. The van der Waals surface area contributed by atoms with Crippen LogP contribution in [0.15, 0.2) is 72.8 Å². The zero-order chi connectivity index (χ0) is 24.1. The highest BCUT2D eigenvalue weighted by Crippen LogP contribution is 2.44. The number of rotatable bonds is 8. The van der Waals surface area contributed by atoms with Crippen molar-refractivity contribution in [1.29, 1.82) is 0 Å². The first kappa shape index (κ1) is 23.0. The summed E-state index contributed by atoms with van der Waals surface area (Å²) in [6, 6.07) is 22.7. The monoisotopic (exact) mass is 458 g/mol. The highest BCUT2D eigenvalue weighted by molar-refractivity contribution is 5.86. The van der Waals surface area contributed by atoms with E-state index in [4.69, 9.17) is 9.84 Å². The van der Waals surface area contributed by atoms with Gasteiger partial charge in [0.2, 0.25) is 5.91 Å². The number of benzene rings is 3. The Morgan fingerprint density at radius 2 is 1.59 bits per heavy atom. The van der Waals surface area contributed by atoms with Gasteiger partial charge in [0.25, 0.3) is 0 Å². The standard InChI is InChI=1S/C27H26N2O5/c1-17(13-26(31)32)28-25(30)15-18-7-6-8-19(14-18)29-27(33)34-16-24-22-11-4-2-9-20(22)21-10-3-5-12-23(21)24/h2-12,14,17,24H,13,15-16H2,1H3,(H,28,30)(H,29,33)(H,31,32). The summed E-state index contributed by atoms with van der Waals surface area (Å²) in [6.07, 6.45) is -0.641. The Balaban J connectivity index is 1.34. The van der Waals surface area contributed by atoms with Crippen molar-refractivity contribution >= 4 is 23.7 Å². The van der Waals surface area contributed by atoms with Crippen molar-refractivity contribution in [3.05, 3.63) is 89.5 Å². The quantitative estimate of drug-likeness (QED) is 0.459. The minimum absolute atomic E-state index is 0.0269. The van der Waals surface area contributed by atoms with E-state index >= 15 is 0 Å². The molecule has 0 aromatic heterocycles. The van der Waals surface area contributed by atoms with Crippen LogP contribution in [-0.4, -0.2) is 35.7 Å². The number of carboxylic acid groups (broad SMARTS) is 1. The summed E-state index contributed by atoms with van der Waals surface area (Å²) in [4.78, 5) is 35.4. The zero-order valence-electron chi connectivity index (χ0n) is 18.8. The van der Waals surface area contributed by atoms with Crippen LogP contribution in [-0.2, 0) is 20.7 Å². The summed E-state index contributed by atoms with van der Waals surface area (Å²) >= 11 is 0. The van der Waals surface area contributed by atoms with Crippen LogP contribution in [0.5, 0.6) is 0 Å². The Bertz CT molecular complexity index is 1180. The lowest BCUT2D eigenvalue weighted by Crippen LogP contribution is -2.35. The van der Waals surface area contributed by atoms with E-state index in [-0.39, 0.29) is 31.3 Å².